The lowest BCUT2D eigenvalue weighted by atomic mass is 9.95. The molecule has 0 radical (unpaired) electrons. The van der Waals surface area contributed by atoms with E-state index >= 15 is 0 Å². The van der Waals surface area contributed by atoms with Crippen molar-refractivity contribution in [3.05, 3.63) is 23.8 Å². The van der Waals surface area contributed by atoms with Crippen LogP contribution in [0.1, 0.15) is 74.3 Å². The highest BCUT2D eigenvalue weighted by Crippen LogP contribution is 2.26. The molecular weight excluding hydrogens is 450 g/mol. The Labute approximate surface area is 209 Å². The number of nitrogens with one attached hydrogen (secondary N) is 2. The number of aromatic hydroxyl groups is 1. The number of phenolic OH excluding ortho intramolecular Hbond substituents is 1. The Bertz CT molecular complexity index is 886. The molecule has 9 nitrogen and oxygen atoms in total. The van der Waals surface area contributed by atoms with E-state index in [1.54, 1.807) is 60.6 Å². The molecule has 2 amide bonds. The van der Waals surface area contributed by atoms with Gasteiger partial charge in [0.1, 0.15) is 17.0 Å². The third-order valence-electron chi connectivity index (χ3n) is 4.99. The van der Waals surface area contributed by atoms with Crippen LogP contribution >= 0.6 is 0 Å². The van der Waals surface area contributed by atoms with Crippen LogP contribution < -0.4 is 16.4 Å². The van der Waals surface area contributed by atoms with Gasteiger partial charge in [-0.05, 0) is 78.0 Å². The van der Waals surface area contributed by atoms with E-state index in [-0.39, 0.29) is 23.3 Å². The number of benzene rings is 1. The molecule has 0 bridgehead atoms. The van der Waals surface area contributed by atoms with Crippen LogP contribution in [0.5, 0.6) is 5.75 Å². The fourth-order valence-electron chi connectivity index (χ4n) is 3.21. The molecule has 0 saturated heterocycles. The summed E-state index contributed by atoms with van der Waals surface area (Å²) in [7, 11) is 0. The minimum atomic E-state index is -0.727. The van der Waals surface area contributed by atoms with Crippen LogP contribution in [0.15, 0.2) is 18.2 Å². The third-order valence-corrected chi connectivity index (χ3v) is 4.99. The molecule has 0 spiro atoms. The van der Waals surface area contributed by atoms with E-state index in [1.807, 2.05) is 13.8 Å². The first-order valence-corrected chi connectivity index (χ1v) is 12.0. The normalized spacial score (nSPS) is 14.6. The van der Waals surface area contributed by atoms with E-state index in [9.17, 15) is 19.5 Å². The maximum atomic E-state index is 12.5. The predicted octanol–water partition coefficient (Wildman–Crippen LogP) is 4.12. The summed E-state index contributed by atoms with van der Waals surface area (Å²) in [5, 5.41) is 15.7. The van der Waals surface area contributed by atoms with Crippen LogP contribution in [-0.2, 0) is 25.5 Å². The number of alkyl carbamates (subject to hydrolysis) is 1. The van der Waals surface area contributed by atoms with E-state index < -0.39 is 41.2 Å². The van der Waals surface area contributed by atoms with Gasteiger partial charge in [-0.1, -0.05) is 26.8 Å². The van der Waals surface area contributed by atoms with Gasteiger partial charge in [-0.25, -0.2) is 4.79 Å². The first-order chi connectivity index (χ1) is 15.9. The van der Waals surface area contributed by atoms with Crippen molar-refractivity contribution in [2.45, 2.75) is 98.4 Å². The second kappa shape index (κ2) is 12.2. The number of phenols is 1. The van der Waals surface area contributed by atoms with Crippen molar-refractivity contribution >= 4 is 23.7 Å². The Morgan fingerprint density at radius 3 is 2.09 bits per heavy atom. The fraction of sp³-hybridized carbons (Fsp3) is 0.654. The smallest absolute Gasteiger partial charge is 0.407 e. The summed E-state index contributed by atoms with van der Waals surface area (Å²) in [4.78, 5) is 37.4. The summed E-state index contributed by atoms with van der Waals surface area (Å²) in [5.41, 5.74) is 5.55. The standard InChI is InChI=1S/C26H43N3O6/c1-15(2)21(27)22(31)29-19-14-17(10-11-20(19)30)13-18(28-24(33)35-26(7,8)9)12-16(3)23(32)34-25(4,5)6/h10-11,14-16,18,21,30H,12-13,27H2,1-9H3,(H,28,33)(H,29,31)/t16-,18+,21?/m0/s1. The van der Waals surface area contributed by atoms with Crippen molar-refractivity contribution < 1.29 is 29.0 Å². The summed E-state index contributed by atoms with van der Waals surface area (Å²) in [6.07, 6.45) is 0.0230. The third kappa shape index (κ3) is 11.4. The predicted molar refractivity (Wildman–Crippen MR) is 136 cm³/mol. The van der Waals surface area contributed by atoms with E-state index in [4.69, 9.17) is 15.2 Å². The Morgan fingerprint density at radius 2 is 1.57 bits per heavy atom. The zero-order chi connectivity index (χ0) is 27.1. The lowest BCUT2D eigenvalue weighted by Crippen LogP contribution is -2.42. The molecule has 1 rings (SSSR count). The van der Waals surface area contributed by atoms with Gasteiger partial charge in [0, 0.05) is 6.04 Å². The number of nitrogens with two attached hydrogens (primary N) is 1. The molecule has 0 aliphatic rings. The summed E-state index contributed by atoms with van der Waals surface area (Å²) in [6.45, 7) is 16.1. The lowest BCUT2D eigenvalue weighted by molar-refractivity contribution is -0.159. The Morgan fingerprint density at radius 1 is 1.00 bits per heavy atom. The molecule has 9 heteroatoms. The number of esters is 1. The molecule has 198 valence electrons. The summed E-state index contributed by atoms with van der Waals surface area (Å²) in [6, 6.07) is 3.58. The molecular formula is C26H43N3O6. The van der Waals surface area contributed by atoms with Gasteiger partial charge in [0.15, 0.2) is 0 Å². The zero-order valence-corrected chi connectivity index (χ0v) is 22.5. The number of amides is 2. The van der Waals surface area contributed by atoms with Crippen LogP contribution in [0.3, 0.4) is 0 Å². The van der Waals surface area contributed by atoms with E-state index in [2.05, 4.69) is 10.6 Å². The quantitative estimate of drug-likeness (QED) is 0.300. The number of carbonyl (C=O) groups excluding carboxylic acids is 3. The van der Waals surface area contributed by atoms with Gasteiger partial charge in [0.05, 0.1) is 17.6 Å². The van der Waals surface area contributed by atoms with Gasteiger partial charge in [0.25, 0.3) is 0 Å². The van der Waals surface area contributed by atoms with Crippen LogP contribution in [0.2, 0.25) is 0 Å². The number of anilines is 1. The summed E-state index contributed by atoms with van der Waals surface area (Å²) >= 11 is 0. The van der Waals surface area contributed by atoms with E-state index in [1.165, 1.54) is 6.07 Å². The molecule has 1 unspecified atom stereocenters. The molecule has 1 aromatic carbocycles. The largest absolute Gasteiger partial charge is 0.506 e. The fourth-order valence-corrected chi connectivity index (χ4v) is 3.21. The van der Waals surface area contributed by atoms with Crippen LogP contribution in [0.4, 0.5) is 10.5 Å². The second-order valence-electron chi connectivity index (χ2n) is 11.3. The molecule has 0 heterocycles. The maximum Gasteiger partial charge on any atom is 0.407 e. The Kier molecular flexibility index (Phi) is 10.6. The monoisotopic (exact) mass is 493 g/mol. The lowest BCUT2D eigenvalue weighted by Gasteiger charge is -2.27. The molecule has 35 heavy (non-hydrogen) atoms. The molecule has 0 aliphatic heterocycles. The SMILES string of the molecule is CC(C)C(N)C(=O)Nc1cc(C[C@@H](C[C@H](C)C(=O)OC(C)(C)C)NC(=O)OC(C)(C)C)ccc1O. The number of ether oxygens (including phenoxy) is 2. The highest BCUT2D eigenvalue weighted by molar-refractivity contribution is 5.96. The van der Waals surface area contributed by atoms with Crippen LogP contribution in [-0.4, -0.2) is 46.4 Å². The van der Waals surface area contributed by atoms with Gasteiger partial charge < -0.3 is 30.9 Å². The topological polar surface area (TPSA) is 140 Å². The molecule has 5 N–H and O–H groups in total. The molecule has 0 fully saturated rings. The Balaban J connectivity index is 3.10. The van der Waals surface area contributed by atoms with E-state index in [0.717, 1.165) is 5.56 Å². The van der Waals surface area contributed by atoms with Crippen molar-refractivity contribution in [3.63, 3.8) is 0 Å². The van der Waals surface area contributed by atoms with Gasteiger partial charge in [0.2, 0.25) is 5.91 Å². The number of carbonyl (C=O) groups is 3. The number of hydrogen-bond donors (Lipinski definition) is 4. The van der Waals surface area contributed by atoms with Crippen LogP contribution in [0, 0.1) is 11.8 Å². The second-order valence-corrected chi connectivity index (χ2v) is 11.3. The zero-order valence-electron chi connectivity index (χ0n) is 22.5. The highest BCUT2D eigenvalue weighted by atomic mass is 16.6. The number of hydrogen-bond acceptors (Lipinski definition) is 7. The van der Waals surface area contributed by atoms with Crippen molar-refractivity contribution in [1.82, 2.24) is 5.32 Å². The van der Waals surface area contributed by atoms with Gasteiger partial charge >= 0.3 is 12.1 Å². The molecule has 1 aromatic rings. The van der Waals surface area contributed by atoms with Crippen molar-refractivity contribution in [2.24, 2.45) is 17.6 Å². The van der Waals surface area contributed by atoms with Crippen LogP contribution in [0.25, 0.3) is 0 Å². The highest BCUT2D eigenvalue weighted by Gasteiger charge is 2.27. The van der Waals surface area contributed by atoms with Crippen molar-refractivity contribution in [3.8, 4) is 5.75 Å². The Hall–Kier alpha value is -2.81. The van der Waals surface area contributed by atoms with E-state index in [0.29, 0.717) is 12.8 Å². The molecule has 0 saturated carbocycles. The van der Waals surface area contributed by atoms with Gasteiger partial charge in [-0.3, -0.25) is 9.59 Å². The molecule has 0 aromatic heterocycles. The summed E-state index contributed by atoms with van der Waals surface area (Å²) in [5.74, 6) is -1.44. The van der Waals surface area contributed by atoms with Gasteiger partial charge in [-0.15, -0.1) is 0 Å². The molecule has 0 aliphatic carbocycles. The van der Waals surface area contributed by atoms with Gasteiger partial charge in [-0.2, -0.15) is 0 Å². The van der Waals surface area contributed by atoms with Crippen molar-refractivity contribution in [1.29, 1.82) is 0 Å². The number of rotatable bonds is 9. The first kappa shape index (κ1) is 30.2. The maximum absolute atomic E-state index is 12.5. The average molecular weight is 494 g/mol. The average Bonchev–Trinajstić information content (AvgIpc) is 2.66. The summed E-state index contributed by atoms with van der Waals surface area (Å²) < 4.78 is 10.9. The molecule has 3 atom stereocenters. The minimum Gasteiger partial charge on any atom is -0.506 e. The minimum absolute atomic E-state index is 0.0722. The van der Waals surface area contributed by atoms with Crippen molar-refractivity contribution in [2.75, 3.05) is 5.32 Å². The first-order valence-electron chi connectivity index (χ1n) is 12.0.